The molecule has 0 saturated carbocycles. The summed E-state index contributed by atoms with van der Waals surface area (Å²) in [5, 5.41) is 6.20. The largest absolute Gasteiger partial charge is 0.384 e. The van der Waals surface area contributed by atoms with Gasteiger partial charge in [-0.2, -0.15) is 0 Å². The molecular formula is C24H24ClN7O5S2. The van der Waals surface area contributed by atoms with Crippen molar-refractivity contribution >= 4 is 61.3 Å². The lowest BCUT2D eigenvalue weighted by molar-refractivity contribution is 0.0398. The SMILES string of the molecule is O=C(Nc1ccc(-n2cnc3cc(NCCN4CCOCC4)ccc3c2=O)nc1)NS(=O)(=O)c1ccc(Cl)s1. The van der Waals surface area contributed by atoms with E-state index in [2.05, 4.69) is 25.5 Å². The average molecular weight is 590 g/mol. The Bertz CT molecular complexity index is 1650. The van der Waals surface area contributed by atoms with Crippen LogP contribution in [0.1, 0.15) is 0 Å². The molecule has 15 heteroatoms. The van der Waals surface area contributed by atoms with Gasteiger partial charge >= 0.3 is 6.03 Å². The lowest BCUT2D eigenvalue weighted by atomic mass is 10.2. The normalized spacial score (nSPS) is 14.3. The number of urea groups is 1. The van der Waals surface area contributed by atoms with Crippen LogP contribution >= 0.6 is 22.9 Å². The molecule has 3 N–H and O–H groups in total. The van der Waals surface area contributed by atoms with E-state index in [1.165, 1.54) is 41.4 Å². The summed E-state index contributed by atoms with van der Waals surface area (Å²) in [5.74, 6) is 0.286. The van der Waals surface area contributed by atoms with Crippen LogP contribution in [0.25, 0.3) is 16.7 Å². The van der Waals surface area contributed by atoms with E-state index in [9.17, 15) is 18.0 Å². The maximum Gasteiger partial charge on any atom is 0.333 e. The molecule has 5 rings (SSSR count). The highest BCUT2D eigenvalue weighted by molar-refractivity contribution is 7.92. The number of sulfonamides is 1. The van der Waals surface area contributed by atoms with Gasteiger partial charge in [0, 0.05) is 31.9 Å². The minimum absolute atomic E-state index is 0.0878. The number of hydrogen-bond acceptors (Lipinski definition) is 10. The summed E-state index contributed by atoms with van der Waals surface area (Å²) in [4.78, 5) is 36.3. The van der Waals surface area contributed by atoms with Crippen molar-refractivity contribution in [2.45, 2.75) is 4.21 Å². The van der Waals surface area contributed by atoms with Crippen LogP contribution in [0.15, 0.2) is 64.0 Å². The van der Waals surface area contributed by atoms with Crippen molar-refractivity contribution in [1.29, 1.82) is 0 Å². The first-order valence-corrected chi connectivity index (χ1v) is 14.6. The Kier molecular flexibility index (Phi) is 8.09. The standard InChI is InChI=1S/C24H24ClN7O5S2/c25-20-4-6-22(38-20)39(35,36)30-24(34)29-17-2-5-21(27-14-17)32-15-28-19-13-16(1-3-18(19)23(32)33)26-7-8-31-9-11-37-12-10-31/h1-6,13-15,26H,7-12H2,(H2,29,30,34). The Balaban J connectivity index is 1.23. The van der Waals surface area contributed by atoms with Gasteiger partial charge in [0.1, 0.15) is 16.4 Å². The van der Waals surface area contributed by atoms with E-state index >= 15 is 0 Å². The van der Waals surface area contributed by atoms with Crippen LogP contribution in [0.5, 0.6) is 0 Å². The van der Waals surface area contributed by atoms with Gasteiger partial charge in [0.2, 0.25) is 0 Å². The van der Waals surface area contributed by atoms with Gasteiger partial charge in [-0.05, 0) is 42.5 Å². The molecule has 1 saturated heterocycles. The fraction of sp³-hybridized carbons (Fsp3) is 0.250. The van der Waals surface area contributed by atoms with Gasteiger partial charge < -0.3 is 15.4 Å². The minimum Gasteiger partial charge on any atom is -0.384 e. The Morgan fingerprint density at radius 1 is 1.08 bits per heavy atom. The highest BCUT2D eigenvalue weighted by Gasteiger charge is 2.20. The van der Waals surface area contributed by atoms with Crippen LogP contribution in [0, 0.1) is 0 Å². The van der Waals surface area contributed by atoms with Crippen LogP contribution in [-0.4, -0.2) is 73.3 Å². The number of thiophene rings is 1. The maximum absolute atomic E-state index is 13.1. The molecular weight excluding hydrogens is 566 g/mol. The zero-order valence-electron chi connectivity index (χ0n) is 20.5. The number of carbonyl (C=O) groups is 1. The van der Waals surface area contributed by atoms with Gasteiger partial charge in [0.15, 0.2) is 0 Å². The van der Waals surface area contributed by atoms with Crippen molar-refractivity contribution in [3.8, 4) is 5.82 Å². The van der Waals surface area contributed by atoms with Crippen molar-refractivity contribution < 1.29 is 17.9 Å². The smallest absolute Gasteiger partial charge is 0.333 e. The molecule has 3 aromatic heterocycles. The van der Waals surface area contributed by atoms with Gasteiger partial charge in [0.25, 0.3) is 15.6 Å². The molecule has 1 aliphatic heterocycles. The maximum atomic E-state index is 13.1. The van der Waals surface area contributed by atoms with E-state index in [0.717, 1.165) is 56.4 Å². The number of hydrogen-bond donors (Lipinski definition) is 3. The van der Waals surface area contributed by atoms with Crippen LogP contribution in [0.2, 0.25) is 4.34 Å². The molecule has 4 heterocycles. The minimum atomic E-state index is -4.06. The van der Waals surface area contributed by atoms with Gasteiger partial charge in [-0.1, -0.05) is 11.6 Å². The molecule has 1 fully saturated rings. The number of benzene rings is 1. The molecule has 1 aromatic carbocycles. The second kappa shape index (κ2) is 11.7. The van der Waals surface area contributed by atoms with Crippen molar-refractivity contribution in [3.05, 3.63) is 69.7 Å². The highest BCUT2D eigenvalue weighted by atomic mass is 35.5. The molecule has 12 nitrogen and oxygen atoms in total. The quantitative estimate of drug-likeness (QED) is 0.282. The lowest BCUT2D eigenvalue weighted by Gasteiger charge is -2.26. The number of anilines is 2. The molecule has 0 radical (unpaired) electrons. The number of rotatable bonds is 8. The number of carbonyl (C=O) groups excluding carboxylic acids is 1. The number of amides is 2. The van der Waals surface area contributed by atoms with Gasteiger partial charge in [-0.3, -0.25) is 14.3 Å². The number of pyridine rings is 1. The van der Waals surface area contributed by atoms with Crippen LogP contribution in [0.3, 0.4) is 0 Å². The number of nitrogens with one attached hydrogen (secondary N) is 3. The number of morpholine rings is 1. The summed E-state index contributed by atoms with van der Waals surface area (Å²) in [6.45, 7) is 5.02. The van der Waals surface area contributed by atoms with Crippen molar-refractivity contribution in [2.24, 2.45) is 0 Å². The Morgan fingerprint density at radius 3 is 2.59 bits per heavy atom. The van der Waals surface area contributed by atoms with Crippen molar-refractivity contribution in [1.82, 2.24) is 24.2 Å². The summed E-state index contributed by atoms with van der Waals surface area (Å²) in [7, 11) is -4.06. The molecule has 204 valence electrons. The lowest BCUT2D eigenvalue weighted by Crippen LogP contribution is -2.39. The van der Waals surface area contributed by atoms with Gasteiger partial charge in [-0.25, -0.2) is 27.9 Å². The third-order valence-electron chi connectivity index (χ3n) is 5.91. The third-order valence-corrected chi connectivity index (χ3v) is 8.97. The van der Waals surface area contributed by atoms with E-state index in [-0.39, 0.29) is 25.6 Å². The van der Waals surface area contributed by atoms with Crippen LogP contribution in [-0.2, 0) is 14.8 Å². The molecule has 0 aliphatic carbocycles. The Labute approximate surface area is 232 Å². The molecule has 0 unspecified atom stereocenters. The first-order chi connectivity index (χ1) is 18.8. The van der Waals surface area contributed by atoms with Crippen LogP contribution in [0.4, 0.5) is 16.2 Å². The number of nitrogens with zero attached hydrogens (tertiary/aromatic N) is 4. The predicted molar refractivity (Wildman–Crippen MR) is 150 cm³/mol. The van der Waals surface area contributed by atoms with E-state index in [0.29, 0.717) is 10.9 Å². The summed E-state index contributed by atoms with van der Waals surface area (Å²) < 4.78 is 33.3. The molecule has 1 aliphatic rings. The first kappa shape index (κ1) is 27.0. The fourth-order valence-corrected chi connectivity index (χ4v) is 6.34. The molecule has 39 heavy (non-hydrogen) atoms. The number of fused-ring (bicyclic) bond motifs is 1. The zero-order valence-corrected chi connectivity index (χ0v) is 22.9. The second-order valence-electron chi connectivity index (χ2n) is 8.56. The summed E-state index contributed by atoms with van der Waals surface area (Å²) in [6, 6.07) is 10.2. The van der Waals surface area contributed by atoms with E-state index in [1.54, 1.807) is 6.07 Å². The van der Waals surface area contributed by atoms with Gasteiger partial charge in [-0.15, -0.1) is 11.3 Å². The van der Waals surface area contributed by atoms with Crippen molar-refractivity contribution in [2.75, 3.05) is 50.0 Å². The summed E-state index contributed by atoms with van der Waals surface area (Å²) in [6.07, 6.45) is 2.70. The molecule has 0 spiro atoms. The van der Waals surface area contributed by atoms with E-state index in [1.807, 2.05) is 16.9 Å². The zero-order chi connectivity index (χ0) is 27.4. The summed E-state index contributed by atoms with van der Waals surface area (Å²) >= 11 is 6.60. The molecule has 4 aromatic rings. The van der Waals surface area contributed by atoms with Crippen LogP contribution < -0.4 is 20.9 Å². The van der Waals surface area contributed by atoms with E-state index < -0.39 is 16.1 Å². The highest BCUT2D eigenvalue weighted by Crippen LogP contribution is 2.25. The number of ether oxygens (including phenoxy) is 1. The molecule has 0 bridgehead atoms. The summed E-state index contributed by atoms with van der Waals surface area (Å²) in [5.41, 5.74) is 1.35. The second-order valence-corrected chi connectivity index (χ2v) is 12.2. The average Bonchev–Trinajstić information content (AvgIpc) is 3.37. The fourth-order valence-electron chi connectivity index (χ4n) is 3.95. The number of aromatic nitrogens is 3. The Morgan fingerprint density at radius 2 is 1.87 bits per heavy atom. The number of halogens is 1. The Hall–Kier alpha value is -3.56. The molecule has 0 atom stereocenters. The predicted octanol–water partition coefficient (Wildman–Crippen LogP) is 2.75. The third kappa shape index (κ3) is 6.54. The topological polar surface area (TPSA) is 148 Å². The van der Waals surface area contributed by atoms with E-state index in [4.69, 9.17) is 16.3 Å². The first-order valence-electron chi connectivity index (χ1n) is 11.9. The van der Waals surface area contributed by atoms with Gasteiger partial charge in [0.05, 0.1) is 40.3 Å². The monoisotopic (exact) mass is 589 g/mol. The molecule has 2 amide bonds. The van der Waals surface area contributed by atoms with Crippen molar-refractivity contribution in [3.63, 3.8) is 0 Å².